The molecular formula is C20H13ClF2N2O3. The Bertz CT molecular complexity index is 1080. The molecule has 0 radical (unpaired) electrons. The number of nitrogens with one attached hydrogen (secondary N) is 1. The minimum atomic E-state index is -0.754. The third kappa shape index (κ3) is 3.48. The normalized spacial score (nSPS) is 13.7. The van der Waals surface area contributed by atoms with Gasteiger partial charge in [-0.25, -0.2) is 8.78 Å². The molecule has 2 aromatic carbocycles. The summed E-state index contributed by atoms with van der Waals surface area (Å²) in [5.41, 5.74) is 1.09. The Morgan fingerprint density at radius 3 is 2.46 bits per heavy atom. The van der Waals surface area contributed by atoms with Crippen LogP contribution < -0.4 is 5.32 Å². The maximum Gasteiger partial charge on any atom is 0.291 e. The lowest BCUT2D eigenvalue weighted by Gasteiger charge is -2.10. The summed E-state index contributed by atoms with van der Waals surface area (Å²) in [7, 11) is 0. The van der Waals surface area contributed by atoms with E-state index in [0.29, 0.717) is 16.1 Å². The van der Waals surface area contributed by atoms with Crippen LogP contribution in [0.3, 0.4) is 0 Å². The molecule has 1 N–H and O–H groups in total. The van der Waals surface area contributed by atoms with Crippen molar-refractivity contribution >= 4 is 23.4 Å². The summed E-state index contributed by atoms with van der Waals surface area (Å²) in [6.45, 7) is -0.0231. The zero-order valence-electron chi connectivity index (χ0n) is 14.3. The van der Waals surface area contributed by atoms with Gasteiger partial charge >= 0.3 is 0 Å². The van der Waals surface area contributed by atoms with Crippen LogP contribution in [0.1, 0.15) is 10.6 Å². The molecule has 0 atom stereocenters. The topological polar surface area (TPSA) is 62.6 Å². The summed E-state index contributed by atoms with van der Waals surface area (Å²) >= 11 is 6.05. The molecular weight excluding hydrogens is 390 g/mol. The zero-order chi connectivity index (χ0) is 19.8. The van der Waals surface area contributed by atoms with Crippen molar-refractivity contribution in [1.82, 2.24) is 10.2 Å². The lowest BCUT2D eigenvalue weighted by atomic mass is 10.0. The Balaban J connectivity index is 1.84. The fraction of sp³-hybridized carbons (Fsp3) is 0.100. The van der Waals surface area contributed by atoms with E-state index in [0.717, 1.165) is 18.2 Å². The minimum absolute atomic E-state index is 0.0499. The summed E-state index contributed by atoms with van der Waals surface area (Å²) in [5, 5.41) is 2.97. The van der Waals surface area contributed by atoms with Gasteiger partial charge in [0.05, 0.1) is 6.67 Å². The third-order valence-corrected chi connectivity index (χ3v) is 4.53. The molecule has 0 bridgehead atoms. The number of halogens is 3. The number of amides is 2. The number of rotatable bonds is 3. The molecule has 1 aliphatic rings. The van der Waals surface area contributed by atoms with E-state index in [1.807, 2.05) is 0 Å². The van der Waals surface area contributed by atoms with Crippen LogP contribution in [0.4, 0.5) is 8.78 Å². The number of hydrogen-bond acceptors (Lipinski definition) is 3. The fourth-order valence-corrected chi connectivity index (χ4v) is 3.22. The highest BCUT2D eigenvalue weighted by atomic mass is 35.5. The number of benzene rings is 2. The quantitative estimate of drug-likeness (QED) is 0.718. The van der Waals surface area contributed by atoms with Crippen molar-refractivity contribution in [3.63, 3.8) is 0 Å². The summed E-state index contributed by atoms with van der Waals surface area (Å²) in [6.07, 6.45) is 0. The van der Waals surface area contributed by atoms with Crippen LogP contribution >= 0.6 is 11.6 Å². The van der Waals surface area contributed by atoms with Gasteiger partial charge in [-0.1, -0.05) is 23.7 Å². The van der Waals surface area contributed by atoms with Crippen LogP contribution in [0.25, 0.3) is 22.5 Å². The number of carbonyl (C=O) groups excluding carboxylic acids is 2. The highest BCUT2D eigenvalue weighted by molar-refractivity contribution is 6.30. The predicted octanol–water partition coefficient (Wildman–Crippen LogP) is 4.07. The molecule has 3 aromatic rings. The predicted molar refractivity (Wildman–Crippen MR) is 98.6 cm³/mol. The Morgan fingerprint density at radius 1 is 1.07 bits per heavy atom. The van der Waals surface area contributed by atoms with Crippen molar-refractivity contribution in [1.29, 1.82) is 0 Å². The fourth-order valence-electron chi connectivity index (χ4n) is 3.03. The van der Waals surface area contributed by atoms with Gasteiger partial charge in [-0.2, -0.15) is 0 Å². The van der Waals surface area contributed by atoms with E-state index in [2.05, 4.69) is 5.32 Å². The Morgan fingerprint density at radius 2 is 1.82 bits per heavy atom. The van der Waals surface area contributed by atoms with Crippen molar-refractivity contribution in [2.24, 2.45) is 0 Å². The summed E-state index contributed by atoms with van der Waals surface area (Å²) in [5.74, 6) is -2.10. The third-order valence-electron chi connectivity index (χ3n) is 4.29. The minimum Gasteiger partial charge on any atom is -0.450 e. The van der Waals surface area contributed by atoms with Gasteiger partial charge in [-0.15, -0.1) is 0 Å². The van der Waals surface area contributed by atoms with Crippen LogP contribution in [0.15, 0.2) is 52.9 Å². The standard InChI is InChI=1S/C20H13ClF2N2O3/c21-13-3-1-2-11(4-13)19-16(12-5-14(22)7-15(23)6-12)8-17(28-19)20(27)25-9-18(26)24-10-25/h1-8H,9-10H2,(H,24,26). The molecule has 1 saturated heterocycles. The smallest absolute Gasteiger partial charge is 0.291 e. The largest absolute Gasteiger partial charge is 0.450 e. The first-order valence-electron chi connectivity index (χ1n) is 8.33. The van der Waals surface area contributed by atoms with Crippen LogP contribution in [-0.2, 0) is 4.79 Å². The molecule has 0 aliphatic carbocycles. The number of hydrogen-bond donors (Lipinski definition) is 1. The molecule has 4 rings (SSSR count). The summed E-state index contributed by atoms with van der Waals surface area (Å²) in [6, 6.07) is 11.2. The molecule has 8 heteroatoms. The molecule has 0 saturated carbocycles. The summed E-state index contributed by atoms with van der Waals surface area (Å²) in [4.78, 5) is 25.3. The average Bonchev–Trinajstić information content (AvgIpc) is 3.27. The van der Waals surface area contributed by atoms with Gasteiger partial charge in [0.1, 0.15) is 23.9 Å². The van der Waals surface area contributed by atoms with E-state index in [9.17, 15) is 18.4 Å². The van der Waals surface area contributed by atoms with Gasteiger partial charge in [0, 0.05) is 22.2 Å². The van der Waals surface area contributed by atoms with E-state index in [4.69, 9.17) is 16.0 Å². The molecule has 1 fully saturated rings. The number of furan rings is 1. The van der Waals surface area contributed by atoms with Gasteiger partial charge in [-0.3, -0.25) is 9.59 Å². The zero-order valence-corrected chi connectivity index (χ0v) is 15.1. The highest BCUT2D eigenvalue weighted by Gasteiger charge is 2.28. The molecule has 2 heterocycles. The molecule has 0 unspecified atom stereocenters. The van der Waals surface area contributed by atoms with Crippen LogP contribution in [0.2, 0.25) is 5.02 Å². The summed E-state index contributed by atoms with van der Waals surface area (Å²) < 4.78 is 33.3. The maximum atomic E-state index is 13.8. The Kier molecular flexibility index (Phi) is 4.60. The van der Waals surface area contributed by atoms with Crippen molar-refractivity contribution in [3.05, 3.63) is 70.9 Å². The molecule has 2 amide bonds. The van der Waals surface area contributed by atoms with E-state index in [-0.39, 0.29) is 36.2 Å². The highest BCUT2D eigenvalue weighted by Crippen LogP contribution is 2.37. The van der Waals surface area contributed by atoms with Crippen molar-refractivity contribution in [2.75, 3.05) is 13.2 Å². The average molecular weight is 403 g/mol. The van der Waals surface area contributed by atoms with Crippen molar-refractivity contribution < 1.29 is 22.8 Å². The Hall–Kier alpha value is -3.19. The van der Waals surface area contributed by atoms with Crippen LogP contribution in [-0.4, -0.2) is 29.9 Å². The van der Waals surface area contributed by atoms with Gasteiger partial charge in [0.15, 0.2) is 5.76 Å². The van der Waals surface area contributed by atoms with Gasteiger partial charge in [0.2, 0.25) is 5.91 Å². The van der Waals surface area contributed by atoms with Gasteiger partial charge < -0.3 is 14.6 Å². The first kappa shape index (κ1) is 18.2. The molecule has 1 aromatic heterocycles. The lowest BCUT2D eigenvalue weighted by molar-refractivity contribution is -0.118. The van der Waals surface area contributed by atoms with E-state index < -0.39 is 17.5 Å². The molecule has 0 spiro atoms. The second-order valence-corrected chi connectivity index (χ2v) is 6.72. The second-order valence-electron chi connectivity index (χ2n) is 6.28. The van der Waals surface area contributed by atoms with Crippen LogP contribution in [0, 0.1) is 11.6 Å². The van der Waals surface area contributed by atoms with Crippen LogP contribution in [0.5, 0.6) is 0 Å². The lowest BCUT2D eigenvalue weighted by Crippen LogP contribution is -2.29. The van der Waals surface area contributed by atoms with Crippen molar-refractivity contribution in [2.45, 2.75) is 0 Å². The van der Waals surface area contributed by atoms with Gasteiger partial charge in [0.25, 0.3) is 5.91 Å². The Labute approximate surface area is 163 Å². The van der Waals surface area contributed by atoms with Gasteiger partial charge in [-0.05, 0) is 35.9 Å². The molecule has 5 nitrogen and oxygen atoms in total. The number of nitrogens with zero attached hydrogens (tertiary/aromatic N) is 1. The molecule has 142 valence electrons. The SMILES string of the molecule is O=C1CN(C(=O)c2cc(-c3cc(F)cc(F)c3)c(-c3cccc(Cl)c3)o2)CN1. The molecule has 1 aliphatic heterocycles. The first-order valence-corrected chi connectivity index (χ1v) is 8.71. The second kappa shape index (κ2) is 7.09. The van der Waals surface area contributed by atoms with E-state index in [1.165, 1.54) is 11.0 Å². The monoisotopic (exact) mass is 402 g/mol. The van der Waals surface area contributed by atoms with E-state index >= 15 is 0 Å². The first-order chi connectivity index (χ1) is 13.4. The van der Waals surface area contributed by atoms with E-state index in [1.54, 1.807) is 24.3 Å². The molecule has 28 heavy (non-hydrogen) atoms. The number of carbonyl (C=O) groups is 2. The maximum absolute atomic E-state index is 13.8. The van der Waals surface area contributed by atoms with Crippen molar-refractivity contribution in [3.8, 4) is 22.5 Å².